The average Bonchev–Trinajstić information content (AvgIpc) is 3.10. The highest BCUT2D eigenvalue weighted by atomic mass is 35.5. The van der Waals surface area contributed by atoms with Crippen LogP contribution in [0.15, 0.2) is 18.3 Å². The standard InChI is InChI=1S/C22H27ClN4O4/c1-4-6-16-18(22(30)31-3)13(2)25-19(16)21(29)27-10-5-7-14(12-27)20(28)26-17-9-8-15(23)11-24-17/h8-9,11,14,25H,4-7,10,12H2,1-3H3,(H,24,26,28). The normalized spacial score (nSPS) is 16.1. The van der Waals surface area contributed by atoms with E-state index in [4.69, 9.17) is 16.3 Å². The maximum absolute atomic E-state index is 13.3. The second-order valence-electron chi connectivity index (χ2n) is 7.66. The number of esters is 1. The monoisotopic (exact) mass is 446 g/mol. The number of aryl methyl sites for hydroxylation is 1. The number of amides is 2. The molecule has 3 rings (SSSR count). The number of aromatic amines is 1. The molecule has 2 amide bonds. The number of halogens is 1. The molecule has 1 aliphatic rings. The maximum atomic E-state index is 13.3. The number of methoxy groups -OCH3 is 1. The zero-order valence-electron chi connectivity index (χ0n) is 18.0. The number of anilines is 1. The van der Waals surface area contributed by atoms with Gasteiger partial charge in [-0.3, -0.25) is 9.59 Å². The highest BCUT2D eigenvalue weighted by Crippen LogP contribution is 2.26. The fraction of sp³-hybridized carbons (Fsp3) is 0.455. The average molecular weight is 447 g/mol. The van der Waals surface area contributed by atoms with E-state index in [1.165, 1.54) is 13.3 Å². The van der Waals surface area contributed by atoms with Crippen molar-refractivity contribution in [3.63, 3.8) is 0 Å². The van der Waals surface area contributed by atoms with Crippen molar-refractivity contribution < 1.29 is 19.1 Å². The van der Waals surface area contributed by atoms with Crippen LogP contribution < -0.4 is 5.32 Å². The molecule has 1 saturated heterocycles. The lowest BCUT2D eigenvalue weighted by atomic mass is 9.96. The molecule has 0 radical (unpaired) electrons. The molecule has 2 aromatic rings. The lowest BCUT2D eigenvalue weighted by molar-refractivity contribution is -0.121. The summed E-state index contributed by atoms with van der Waals surface area (Å²) in [6.45, 7) is 4.60. The summed E-state index contributed by atoms with van der Waals surface area (Å²) in [6.07, 6.45) is 4.22. The zero-order valence-corrected chi connectivity index (χ0v) is 18.7. The molecule has 1 fully saturated rings. The first-order chi connectivity index (χ1) is 14.8. The van der Waals surface area contributed by atoms with Gasteiger partial charge in [0, 0.05) is 25.0 Å². The molecule has 1 atom stereocenters. The molecule has 31 heavy (non-hydrogen) atoms. The predicted molar refractivity (Wildman–Crippen MR) is 117 cm³/mol. The number of nitrogens with zero attached hydrogens (tertiary/aromatic N) is 2. The summed E-state index contributed by atoms with van der Waals surface area (Å²) in [6, 6.07) is 3.29. The van der Waals surface area contributed by atoms with Crippen LogP contribution in [0.2, 0.25) is 5.02 Å². The number of rotatable bonds is 6. The molecule has 0 saturated carbocycles. The van der Waals surface area contributed by atoms with Crippen LogP contribution in [0.4, 0.5) is 5.82 Å². The Morgan fingerprint density at radius 1 is 1.35 bits per heavy atom. The van der Waals surface area contributed by atoms with E-state index >= 15 is 0 Å². The second kappa shape index (κ2) is 9.96. The molecule has 9 heteroatoms. The molecule has 0 aliphatic carbocycles. The number of ether oxygens (including phenoxy) is 1. The van der Waals surface area contributed by atoms with Crippen molar-refractivity contribution in [3.8, 4) is 0 Å². The first kappa shape index (κ1) is 22.8. The molecule has 166 valence electrons. The Bertz CT molecular complexity index is 971. The van der Waals surface area contributed by atoms with E-state index in [1.54, 1.807) is 24.0 Å². The number of hydrogen-bond donors (Lipinski definition) is 2. The summed E-state index contributed by atoms with van der Waals surface area (Å²) in [7, 11) is 1.33. The molecule has 3 heterocycles. The fourth-order valence-electron chi connectivity index (χ4n) is 3.95. The maximum Gasteiger partial charge on any atom is 0.339 e. The summed E-state index contributed by atoms with van der Waals surface area (Å²) >= 11 is 5.83. The van der Waals surface area contributed by atoms with Crippen molar-refractivity contribution in [1.82, 2.24) is 14.9 Å². The Balaban J connectivity index is 1.77. The number of pyridine rings is 1. The van der Waals surface area contributed by atoms with Gasteiger partial charge >= 0.3 is 5.97 Å². The van der Waals surface area contributed by atoms with Crippen LogP contribution in [0.25, 0.3) is 0 Å². The third-order valence-corrected chi connectivity index (χ3v) is 5.68. The smallest absolute Gasteiger partial charge is 0.339 e. The van der Waals surface area contributed by atoms with Crippen molar-refractivity contribution in [2.24, 2.45) is 5.92 Å². The quantitative estimate of drug-likeness (QED) is 0.659. The van der Waals surface area contributed by atoms with Crippen LogP contribution in [0.3, 0.4) is 0 Å². The molecule has 0 bridgehead atoms. The van der Waals surface area contributed by atoms with Gasteiger partial charge in [-0.15, -0.1) is 0 Å². The van der Waals surface area contributed by atoms with Gasteiger partial charge in [-0.25, -0.2) is 9.78 Å². The number of nitrogens with one attached hydrogen (secondary N) is 2. The molecule has 2 N–H and O–H groups in total. The van der Waals surface area contributed by atoms with Gasteiger partial charge in [0.2, 0.25) is 5.91 Å². The van der Waals surface area contributed by atoms with Gasteiger partial charge < -0.3 is 19.9 Å². The highest BCUT2D eigenvalue weighted by molar-refractivity contribution is 6.30. The van der Waals surface area contributed by atoms with Gasteiger partial charge in [-0.05, 0) is 43.9 Å². The lowest BCUT2D eigenvalue weighted by Gasteiger charge is -2.32. The van der Waals surface area contributed by atoms with Crippen LogP contribution in [0.1, 0.15) is 58.3 Å². The summed E-state index contributed by atoms with van der Waals surface area (Å²) < 4.78 is 4.90. The van der Waals surface area contributed by atoms with Gasteiger partial charge in [-0.2, -0.15) is 0 Å². The molecule has 0 aromatic carbocycles. The summed E-state index contributed by atoms with van der Waals surface area (Å²) in [5, 5.41) is 3.28. The van der Waals surface area contributed by atoms with E-state index in [1.807, 2.05) is 6.92 Å². The first-order valence-corrected chi connectivity index (χ1v) is 10.7. The molecule has 2 aromatic heterocycles. The number of H-pyrrole nitrogens is 1. The summed E-state index contributed by atoms with van der Waals surface area (Å²) in [4.78, 5) is 47.1. The van der Waals surface area contributed by atoms with E-state index in [-0.39, 0.29) is 17.7 Å². The van der Waals surface area contributed by atoms with E-state index in [9.17, 15) is 14.4 Å². The minimum absolute atomic E-state index is 0.181. The Morgan fingerprint density at radius 2 is 2.13 bits per heavy atom. The Labute approximate surface area is 186 Å². The van der Waals surface area contributed by atoms with Crippen molar-refractivity contribution in [2.45, 2.75) is 39.5 Å². The van der Waals surface area contributed by atoms with Crippen molar-refractivity contribution in [2.75, 3.05) is 25.5 Å². The summed E-state index contributed by atoms with van der Waals surface area (Å²) in [5.41, 5.74) is 2.11. The Kier molecular flexibility index (Phi) is 7.33. The van der Waals surface area contributed by atoms with Crippen molar-refractivity contribution in [1.29, 1.82) is 0 Å². The van der Waals surface area contributed by atoms with Gasteiger partial charge in [0.1, 0.15) is 11.5 Å². The number of hydrogen-bond acceptors (Lipinski definition) is 5. The molecule has 1 unspecified atom stereocenters. The van der Waals surface area contributed by atoms with Gasteiger partial charge in [0.05, 0.1) is 23.6 Å². The van der Waals surface area contributed by atoms with Crippen molar-refractivity contribution >= 4 is 35.2 Å². The topological polar surface area (TPSA) is 104 Å². The van der Waals surface area contributed by atoms with Crippen LogP contribution in [0.5, 0.6) is 0 Å². The second-order valence-corrected chi connectivity index (χ2v) is 8.10. The SMILES string of the molecule is CCCc1c(C(=O)N2CCCC(C(=O)Nc3ccc(Cl)cn3)C2)[nH]c(C)c1C(=O)OC. The van der Waals surface area contributed by atoms with Crippen molar-refractivity contribution in [3.05, 3.63) is 45.9 Å². The number of likely N-dealkylation sites (tertiary alicyclic amines) is 1. The molecular formula is C22H27ClN4O4. The largest absolute Gasteiger partial charge is 0.465 e. The van der Waals surface area contributed by atoms with E-state index in [0.717, 1.165) is 6.42 Å². The van der Waals surface area contributed by atoms with Gasteiger partial charge in [-0.1, -0.05) is 24.9 Å². The van der Waals surface area contributed by atoms with Crippen LogP contribution in [-0.2, 0) is 16.0 Å². The number of piperidine rings is 1. The third kappa shape index (κ3) is 5.07. The van der Waals surface area contributed by atoms with E-state index in [0.29, 0.717) is 65.7 Å². The summed E-state index contributed by atoms with van der Waals surface area (Å²) in [5.74, 6) is -0.766. The van der Waals surface area contributed by atoms with Crippen LogP contribution >= 0.6 is 11.6 Å². The number of aromatic nitrogens is 2. The molecular weight excluding hydrogens is 420 g/mol. The molecule has 1 aliphatic heterocycles. The predicted octanol–water partition coefficient (Wildman–Crippen LogP) is 3.60. The highest BCUT2D eigenvalue weighted by Gasteiger charge is 2.32. The minimum Gasteiger partial charge on any atom is -0.465 e. The van der Waals surface area contributed by atoms with Gasteiger partial charge in [0.25, 0.3) is 5.91 Å². The Morgan fingerprint density at radius 3 is 2.77 bits per heavy atom. The van der Waals surface area contributed by atoms with E-state index in [2.05, 4.69) is 15.3 Å². The lowest BCUT2D eigenvalue weighted by Crippen LogP contribution is -2.44. The molecule has 8 nitrogen and oxygen atoms in total. The number of carbonyl (C=O) groups excluding carboxylic acids is 3. The van der Waals surface area contributed by atoms with Crippen LogP contribution in [-0.4, -0.2) is 52.9 Å². The van der Waals surface area contributed by atoms with Crippen LogP contribution in [0, 0.1) is 12.8 Å². The zero-order chi connectivity index (χ0) is 22.5. The fourth-order valence-corrected chi connectivity index (χ4v) is 4.06. The minimum atomic E-state index is -0.456. The van der Waals surface area contributed by atoms with E-state index < -0.39 is 5.97 Å². The van der Waals surface area contributed by atoms with Gasteiger partial charge in [0.15, 0.2) is 0 Å². The first-order valence-electron chi connectivity index (χ1n) is 10.4. The Hall–Kier alpha value is -2.87. The number of carbonyl (C=O) groups is 3. The third-order valence-electron chi connectivity index (χ3n) is 5.45. The molecule has 0 spiro atoms.